The van der Waals surface area contributed by atoms with Crippen LogP contribution in [-0.2, 0) is 0 Å². The van der Waals surface area contributed by atoms with E-state index in [1.165, 1.54) is 0 Å². The number of hydrogen-bond donors (Lipinski definition) is 1. The first kappa shape index (κ1) is 16.2. The van der Waals surface area contributed by atoms with Gasteiger partial charge in [0.25, 0.3) is 5.91 Å². The van der Waals surface area contributed by atoms with Crippen molar-refractivity contribution in [2.75, 3.05) is 18.9 Å². The van der Waals surface area contributed by atoms with E-state index < -0.39 is 0 Å². The molecule has 0 unspecified atom stereocenters. The van der Waals surface area contributed by atoms with Crippen LogP contribution in [0.5, 0.6) is 0 Å². The Morgan fingerprint density at radius 1 is 1.18 bits per heavy atom. The molecule has 1 amide bonds. The maximum atomic E-state index is 12.1. The maximum absolute atomic E-state index is 12.1. The van der Waals surface area contributed by atoms with Gasteiger partial charge in [0.1, 0.15) is 0 Å². The van der Waals surface area contributed by atoms with Gasteiger partial charge >= 0.3 is 0 Å². The average molecular weight is 319 g/mol. The highest BCUT2D eigenvalue weighted by Gasteiger charge is 2.13. The van der Waals surface area contributed by atoms with Crippen LogP contribution in [0.15, 0.2) is 36.4 Å². The molecule has 5 nitrogen and oxygen atoms in total. The van der Waals surface area contributed by atoms with E-state index >= 15 is 0 Å². The lowest BCUT2D eigenvalue weighted by Crippen LogP contribution is -2.28. The summed E-state index contributed by atoms with van der Waals surface area (Å²) in [6.45, 7) is 2.82. The zero-order chi connectivity index (χ0) is 15.9. The molecule has 1 aromatic heterocycles. The fourth-order valence-electron chi connectivity index (χ4n) is 1.89. The number of anilines is 2. The highest BCUT2D eigenvalue weighted by atomic mass is 35.5. The lowest BCUT2D eigenvalue weighted by molar-refractivity contribution is 0.0786. The number of carbonyl (C=O) groups is 1. The lowest BCUT2D eigenvalue weighted by Gasteiger charge is -2.15. The van der Waals surface area contributed by atoms with E-state index in [0.29, 0.717) is 16.5 Å². The first-order valence-corrected chi connectivity index (χ1v) is 7.59. The highest BCUT2D eigenvalue weighted by molar-refractivity contribution is 6.30. The van der Waals surface area contributed by atoms with E-state index in [1.54, 1.807) is 36.2 Å². The Morgan fingerprint density at radius 3 is 2.50 bits per heavy atom. The van der Waals surface area contributed by atoms with Gasteiger partial charge in [-0.3, -0.25) is 4.79 Å². The monoisotopic (exact) mass is 318 g/mol. The van der Waals surface area contributed by atoms with E-state index in [4.69, 9.17) is 11.6 Å². The van der Waals surface area contributed by atoms with E-state index in [-0.39, 0.29) is 5.91 Å². The Labute approximate surface area is 135 Å². The summed E-state index contributed by atoms with van der Waals surface area (Å²) < 4.78 is 0. The van der Waals surface area contributed by atoms with Crippen molar-refractivity contribution >= 4 is 29.0 Å². The standard InChI is InChI=1S/C16H19ClN4O/c1-3-4-11-21(2)16(22)14-9-10-15(20-19-14)18-13-7-5-12(17)6-8-13/h5-10H,3-4,11H2,1-2H3,(H,18,20). The molecular weight excluding hydrogens is 300 g/mol. The van der Waals surface area contributed by atoms with Crippen molar-refractivity contribution in [2.24, 2.45) is 0 Å². The molecule has 0 aliphatic heterocycles. The second-order valence-electron chi connectivity index (χ2n) is 5.02. The summed E-state index contributed by atoms with van der Waals surface area (Å²) in [5.74, 6) is 0.467. The summed E-state index contributed by atoms with van der Waals surface area (Å²) in [6, 6.07) is 10.7. The van der Waals surface area contributed by atoms with Crippen molar-refractivity contribution in [2.45, 2.75) is 19.8 Å². The van der Waals surface area contributed by atoms with Crippen molar-refractivity contribution in [3.05, 3.63) is 47.1 Å². The van der Waals surface area contributed by atoms with Gasteiger partial charge in [0.15, 0.2) is 11.5 Å². The molecule has 1 heterocycles. The zero-order valence-electron chi connectivity index (χ0n) is 12.7. The van der Waals surface area contributed by atoms with Crippen molar-refractivity contribution in [1.29, 1.82) is 0 Å². The Kier molecular flexibility index (Phi) is 5.72. The van der Waals surface area contributed by atoms with E-state index in [9.17, 15) is 4.79 Å². The Balaban J connectivity index is 2.00. The molecule has 116 valence electrons. The minimum Gasteiger partial charge on any atom is -0.340 e. The van der Waals surface area contributed by atoms with Crippen LogP contribution in [0.4, 0.5) is 11.5 Å². The summed E-state index contributed by atoms with van der Waals surface area (Å²) in [7, 11) is 1.78. The molecule has 2 aromatic rings. The number of benzene rings is 1. The number of hydrogen-bond acceptors (Lipinski definition) is 4. The second kappa shape index (κ2) is 7.75. The Hall–Kier alpha value is -2.14. The van der Waals surface area contributed by atoms with E-state index in [1.807, 2.05) is 12.1 Å². The third-order valence-corrected chi connectivity index (χ3v) is 3.45. The Morgan fingerprint density at radius 2 is 1.91 bits per heavy atom. The lowest BCUT2D eigenvalue weighted by atomic mass is 10.3. The molecule has 1 N–H and O–H groups in total. The summed E-state index contributed by atoms with van der Waals surface area (Å²) in [5.41, 5.74) is 1.21. The van der Waals surface area contributed by atoms with Crippen LogP contribution in [0.25, 0.3) is 0 Å². The quantitative estimate of drug-likeness (QED) is 0.881. The van der Waals surface area contributed by atoms with Crippen LogP contribution in [-0.4, -0.2) is 34.6 Å². The van der Waals surface area contributed by atoms with Crippen LogP contribution in [0.2, 0.25) is 5.02 Å². The van der Waals surface area contributed by atoms with Gasteiger partial charge in [-0.2, -0.15) is 0 Å². The first-order chi connectivity index (χ1) is 10.6. The van der Waals surface area contributed by atoms with E-state index in [2.05, 4.69) is 22.4 Å². The molecule has 0 saturated heterocycles. The smallest absolute Gasteiger partial charge is 0.274 e. The number of carbonyl (C=O) groups excluding carboxylic acids is 1. The molecule has 0 spiro atoms. The number of halogens is 1. The van der Waals surface area contributed by atoms with Crippen LogP contribution in [0.1, 0.15) is 30.3 Å². The van der Waals surface area contributed by atoms with Crippen molar-refractivity contribution in [1.82, 2.24) is 15.1 Å². The number of nitrogens with zero attached hydrogens (tertiary/aromatic N) is 3. The number of amides is 1. The van der Waals surface area contributed by atoms with Crippen LogP contribution < -0.4 is 5.32 Å². The van der Waals surface area contributed by atoms with Crippen molar-refractivity contribution in [3.8, 4) is 0 Å². The molecule has 0 atom stereocenters. The topological polar surface area (TPSA) is 58.1 Å². The molecular formula is C16H19ClN4O. The normalized spacial score (nSPS) is 10.3. The maximum Gasteiger partial charge on any atom is 0.274 e. The summed E-state index contributed by atoms with van der Waals surface area (Å²) in [4.78, 5) is 13.8. The zero-order valence-corrected chi connectivity index (χ0v) is 13.5. The second-order valence-corrected chi connectivity index (χ2v) is 5.45. The molecule has 0 radical (unpaired) electrons. The molecule has 0 aliphatic rings. The van der Waals surface area contributed by atoms with Crippen molar-refractivity contribution < 1.29 is 4.79 Å². The van der Waals surface area contributed by atoms with Crippen LogP contribution >= 0.6 is 11.6 Å². The van der Waals surface area contributed by atoms with Crippen LogP contribution in [0.3, 0.4) is 0 Å². The van der Waals surface area contributed by atoms with Gasteiger partial charge in [-0.05, 0) is 42.8 Å². The largest absolute Gasteiger partial charge is 0.340 e. The summed E-state index contributed by atoms with van der Waals surface area (Å²) in [5, 5.41) is 11.8. The number of rotatable bonds is 6. The van der Waals surface area contributed by atoms with Gasteiger partial charge in [0.2, 0.25) is 0 Å². The summed E-state index contributed by atoms with van der Waals surface area (Å²) >= 11 is 5.84. The molecule has 0 aliphatic carbocycles. The molecule has 0 bridgehead atoms. The first-order valence-electron chi connectivity index (χ1n) is 7.22. The molecule has 0 saturated carbocycles. The minimum absolute atomic E-state index is 0.112. The van der Waals surface area contributed by atoms with Crippen molar-refractivity contribution in [3.63, 3.8) is 0 Å². The van der Waals surface area contributed by atoms with Gasteiger partial charge in [0.05, 0.1) is 0 Å². The fourth-order valence-corrected chi connectivity index (χ4v) is 2.01. The predicted molar refractivity (Wildman–Crippen MR) is 88.6 cm³/mol. The minimum atomic E-state index is -0.112. The molecule has 0 fully saturated rings. The van der Waals surface area contributed by atoms with Crippen LogP contribution in [0, 0.1) is 0 Å². The average Bonchev–Trinajstić information content (AvgIpc) is 2.55. The van der Waals surface area contributed by atoms with E-state index in [0.717, 1.165) is 25.1 Å². The van der Waals surface area contributed by atoms with Gasteiger partial charge in [-0.25, -0.2) is 0 Å². The Bertz CT molecular complexity index is 613. The molecule has 22 heavy (non-hydrogen) atoms. The molecule has 1 aromatic carbocycles. The number of aromatic nitrogens is 2. The van der Waals surface area contributed by atoms with Gasteiger partial charge in [-0.15, -0.1) is 10.2 Å². The molecule has 2 rings (SSSR count). The highest BCUT2D eigenvalue weighted by Crippen LogP contribution is 2.17. The fraction of sp³-hybridized carbons (Fsp3) is 0.312. The predicted octanol–water partition coefficient (Wildman–Crippen LogP) is 3.75. The summed E-state index contributed by atoms with van der Waals surface area (Å²) in [6.07, 6.45) is 2.03. The number of nitrogens with one attached hydrogen (secondary N) is 1. The third kappa shape index (κ3) is 4.43. The third-order valence-electron chi connectivity index (χ3n) is 3.19. The number of unbranched alkanes of at least 4 members (excludes halogenated alkanes) is 1. The van der Waals surface area contributed by atoms with Gasteiger partial charge < -0.3 is 10.2 Å². The van der Waals surface area contributed by atoms with Gasteiger partial charge in [0, 0.05) is 24.3 Å². The molecule has 6 heteroatoms. The van der Waals surface area contributed by atoms with Gasteiger partial charge in [-0.1, -0.05) is 24.9 Å². The SMILES string of the molecule is CCCCN(C)C(=O)c1ccc(Nc2ccc(Cl)cc2)nn1.